The second-order valence-corrected chi connectivity index (χ2v) is 8.87. The molecule has 30 heavy (non-hydrogen) atoms. The standard InChI is InChI=1S/C21H26N8O/c1-11(12-8-13(22)9-12)24-17-18-27-20(28-29(18)7-6-23-17)25-14-4-5-15-16(10-14)26-19(30)21(15,2)3/h4-7,10-13H,8-9,22H2,1-3H3,(H,23,24)(H,25,28)(H,26,30)/t11-,12-,13-/m1/s1. The van der Waals surface area contributed by atoms with E-state index in [2.05, 4.69) is 37.9 Å². The molecule has 5 N–H and O–H groups in total. The summed E-state index contributed by atoms with van der Waals surface area (Å²) in [5.41, 5.74) is 8.67. The van der Waals surface area contributed by atoms with Crippen LogP contribution in [0.5, 0.6) is 0 Å². The van der Waals surface area contributed by atoms with E-state index < -0.39 is 5.41 Å². The molecule has 1 amide bonds. The molecular weight excluding hydrogens is 380 g/mol. The number of amides is 1. The number of carbonyl (C=O) groups excluding carboxylic acids is 1. The van der Waals surface area contributed by atoms with Crippen molar-refractivity contribution in [2.75, 3.05) is 16.0 Å². The Morgan fingerprint density at radius 2 is 2.13 bits per heavy atom. The molecule has 156 valence electrons. The number of fused-ring (bicyclic) bond motifs is 2. The molecule has 1 aromatic carbocycles. The van der Waals surface area contributed by atoms with Crippen LogP contribution >= 0.6 is 0 Å². The van der Waals surface area contributed by atoms with E-state index in [1.165, 1.54) is 0 Å². The third-order valence-electron chi connectivity index (χ3n) is 6.30. The maximum atomic E-state index is 12.2. The van der Waals surface area contributed by atoms with Crippen molar-refractivity contribution in [2.45, 2.75) is 51.1 Å². The van der Waals surface area contributed by atoms with Crippen LogP contribution in [0.4, 0.5) is 23.1 Å². The van der Waals surface area contributed by atoms with Gasteiger partial charge in [0.2, 0.25) is 11.9 Å². The van der Waals surface area contributed by atoms with Crippen molar-refractivity contribution in [3.8, 4) is 0 Å². The molecule has 0 saturated heterocycles. The minimum absolute atomic E-state index is 0.00355. The molecule has 2 aliphatic rings. The van der Waals surface area contributed by atoms with Crippen LogP contribution in [0.3, 0.4) is 0 Å². The van der Waals surface area contributed by atoms with E-state index in [-0.39, 0.29) is 11.9 Å². The summed E-state index contributed by atoms with van der Waals surface area (Å²) in [7, 11) is 0. The van der Waals surface area contributed by atoms with Gasteiger partial charge in [0.25, 0.3) is 0 Å². The number of hydrogen-bond donors (Lipinski definition) is 4. The molecule has 5 rings (SSSR count). The number of nitrogens with one attached hydrogen (secondary N) is 3. The van der Waals surface area contributed by atoms with E-state index in [1.54, 1.807) is 16.9 Å². The van der Waals surface area contributed by atoms with Crippen LogP contribution in [0.1, 0.15) is 39.2 Å². The molecule has 3 heterocycles. The highest BCUT2D eigenvalue weighted by Gasteiger charge is 2.38. The zero-order valence-corrected chi connectivity index (χ0v) is 17.3. The van der Waals surface area contributed by atoms with Crippen LogP contribution in [0, 0.1) is 5.92 Å². The van der Waals surface area contributed by atoms with Crippen molar-refractivity contribution in [3.63, 3.8) is 0 Å². The predicted octanol–water partition coefficient (Wildman–Crippen LogP) is 2.64. The number of rotatable bonds is 5. The van der Waals surface area contributed by atoms with Gasteiger partial charge in [-0.05, 0) is 57.2 Å². The first-order valence-electron chi connectivity index (χ1n) is 10.3. The topological polar surface area (TPSA) is 122 Å². The number of aromatic nitrogens is 4. The molecule has 1 aliphatic heterocycles. The fourth-order valence-corrected chi connectivity index (χ4v) is 4.22. The number of benzene rings is 1. The monoisotopic (exact) mass is 406 g/mol. The Kier molecular flexibility index (Phi) is 4.18. The Morgan fingerprint density at radius 1 is 1.33 bits per heavy atom. The normalized spacial score (nSPS) is 22.9. The van der Waals surface area contributed by atoms with Crippen molar-refractivity contribution in [1.82, 2.24) is 19.6 Å². The average Bonchev–Trinajstić information content (AvgIpc) is 3.17. The van der Waals surface area contributed by atoms with Gasteiger partial charge in [-0.1, -0.05) is 6.07 Å². The Hall–Kier alpha value is -3.20. The lowest BCUT2D eigenvalue weighted by atomic mass is 9.76. The molecule has 3 aromatic rings. The van der Waals surface area contributed by atoms with E-state index in [0.29, 0.717) is 29.4 Å². The van der Waals surface area contributed by atoms with Gasteiger partial charge in [-0.15, -0.1) is 5.10 Å². The molecule has 0 unspecified atom stereocenters. The van der Waals surface area contributed by atoms with Gasteiger partial charge in [0, 0.05) is 35.9 Å². The molecule has 1 aliphatic carbocycles. The molecular formula is C21H26N8O. The zero-order valence-electron chi connectivity index (χ0n) is 17.3. The Morgan fingerprint density at radius 3 is 2.90 bits per heavy atom. The van der Waals surface area contributed by atoms with Crippen LogP contribution in [0.2, 0.25) is 0 Å². The van der Waals surface area contributed by atoms with Crippen molar-refractivity contribution >= 4 is 34.7 Å². The van der Waals surface area contributed by atoms with Crippen LogP contribution in [-0.4, -0.2) is 37.6 Å². The van der Waals surface area contributed by atoms with E-state index >= 15 is 0 Å². The second-order valence-electron chi connectivity index (χ2n) is 8.87. The summed E-state index contributed by atoms with van der Waals surface area (Å²) in [6.45, 7) is 5.99. The lowest BCUT2D eigenvalue weighted by Crippen LogP contribution is -2.44. The lowest BCUT2D eigenvalue weighted by molar-refractivity contribution is -0.119. The molecule has 2 aromatic heterocycles. The Labute approximate surface area is 174 Å². The second kappa shape index (κ2) is 6.66. The molecule has 0 radical (unpaired) electrons. The summed E-state index contributed by atoms with van der Waals surface area (Å²) in [6, 6.07) is 6.39. The SMILES string of the molecule is C[C@@H](Nc1nccn2nc(Nc3ccc4c(c3)NC(=O)C4(C)C)nc12)[C@H]1C[C@H](N)C1. The minimum atomic E-state index is -0.525. The van der Waals surface area contributed by atoms with Gasteiger partial charge in [0.05, 0.1) is 5.41 Å². The molecule has 0 bridgehead atoms. The van der Waals surface area contributed by atoms with Gasteiger partial charge >= 0.3 is 0 Å². The van der Waals surface area contributed by atoms with Crippen LogP contribution < -0.4 is 21.7 Å². The first kappa shape index (κ1) is 18.8. The lowest BCUT2D eigenvalue weighted by Gasteiger charge is -2.37. The van der Waals surface area contributed by atoms with E-state index in [1.807, 2.05) is 32.0 Å². The van der Waals surface area contributed by atoms with Gasteiger partial charge in [-0.2, -0.15) is 4.98 Å². The first-order valence-corrected chi connectivity index (χ1v) is 10.3. The number of nitrogens with zero attached hydrogens (tertiary/aromatic N) is 4. The van der Waals surface area contributed by atoms with Gasteiger partial charge in [-0.25, -0.2) is 9.50 Å². The van der Waals surface area contributed by atoms with E-state index in [9.17, 15) is 4.79 Å². The van der Waals surface area contributed by atoms with Gasteiger partial charge in [0.15, 0.2) is 11.5 Å². The fraction of sp³-hybridized carbons (Fsp3) is 0.429. The van der Waals surface area contributed by atoms with Gasteiger partial charge in [0.1, 0.15) is 0 Å². The molecule has 9 heteroatoms. The van der Waals surface area contributed by atoms with Crippen molar-refractivity contribution in [1.29, 1.82) is 0 Å². The van der Waals surface area contributed by atoms with Crippen LogP contribution in [0.15, 0.2) is 30.6 Å². The number of hydrogen-bond acceptors (Lipinski definition) is 7. The molecule has 1 atom stereocenters. The first-order chi connectivity index (χ1) is 14.3. The maximum absolute atomic E-state index is 12.2. The third kappa shape index (κ3) is 3.06. The number of carbonyl (C=O) groups is 1. The number of nitrogens with two attached hydrogens (primary N) is 1. The van der Waals surface area contributed by atoms with Crippen molar-refractivity contribution < 1.29 is 4.79 Å². The summed E-state index contributed by atoms with van der Waals surface area (Å²) in [4.78, 5) is 21.3. The van der Waals surface area contributed by atoms with Gasteiger partial charge < -0.3 is 21.7 Å². The Balaban J connectivity index is 1.37. The summed E-state index contributed by atoms with van der Waals surface area (Å²) in [6.07, 6.45) is 5.54. The predicted molar refractivity (Wildman–Crippen MR) is 116 cm³/mol. The molecule has 1 fully saturated rings. The zero-order chi connectivity index (χ0) is 21.0. The summed E-state index contributed by atoms with van der Waals surface area (Å²) >= 11 is 0. The quantitative estimate of drug-likeness (QED) is 0.514. The van der Waals surface area contributed by atoms with Gasteiger partial charge in [-0.3, -0.25) is 4.79 Å². The highest BCUT2D eigenvalue weighted by atomic mass is 16.2. The highest BCUT2D eigenvalue weighted by Crippen LogP contribution is 2.39. The molecule has 0 spiro atoms. The average molecular weight is 406 g/mol. The van der Waals surface area contributed by atoms with Crippen LogP contribution in [-0.2, 0) is 10.2 Å². The molecule has 9 nitrogen and oxygen atoms in total. The number of anilines is 4. The smallest absolute Gasteiger partial charge is 0.247 e. The molecule has 1 saturated carbocycles. The minimum Gasteiger partial charge on any atom is -0.364 e. The third-order valence-corrected chi connectivity index (χ3v) is 6.30. The highest BCUT2D eigenvalue weighted by molar-refractivity contribution is 6.06. The summed E-state index contributed by atoms with van der Waals surface area (Å²) < 4.78 is 1.70. The fourth-order valence-electron chi connectivity index (χ4n) is 4.22. The van der Waals surface area contributed by atoms with Crippen molar-refractivity contribution in [2.24, 2.45) is 11.7 Å². The summed E-state index contributed by atoms with van der Waals surface area (Å²) in [5, 5.41) is 14.2. The maximum Gasteiger partial charge on any atom is 0.247 e. The van der Waals surface area contributed by atoms with E-state index in [4.69, 9.17) is 5.73 Å². The summed E-state index contributed by atoms with van der Waals surface area (Å²) in [5.74, 6) is 1.72. The van der Waals surface area contributed by atoms with E-state index in [0.717, 1.165) is 29.8 Å². The Bertz CT molecular complexity index is 1130. The van der Waals surface area contributed by atoms with Crippen molar-refractivity contribution in [3.05, 3.63) is 36.2 Å². The van der Waals surface area contributed by atoms with Crippen LogP contribution in [0.25, 0.3) is 5.65 Å². The largest absolute Gasteiger partial charge is 0.364 e.